The maximum atomic E-state index is 13.5. The van der Waals surface area contributed by atoms with Gasteiger partial charge < -0.3 is 14.7 Å². The Hall–Kier alpha value is -2.59. The number of unbranched alkanes of at least 4 members (excludes halogenated alkanes) is 1. The topological polar surface area (TPSA) is 83.9 Å². The summed E-state index contributed by atoms with van der Waals surface area (Å²) in [6.07, 6.45) is 3.72. The maximum Gasteiger partial charge on any atom is 0.368 e. The van der Waals surface area contributed by atoms with Crippen LogP contribution in [0.15, 0.2) is 64.3 Å². The SMILES string of the molecule is CSc1cc2c(cc1O/C=C(\F)C(=O)O)S(=O)(=O)CC(CCCCF)CN2c1ccccc1. The number of carboxylic acid groups (broad SMARTS) is 1. The fourth-order valence-electron chi connectivity index (χ4n) is 3.77. The number of rotatable bonds is 9. The van der Waals surface area contributed by atoms with Gasteiger partial charge in [-0.15, -0.1) is 11.8 Å². The molecule has 2 aromatic rings. The highest BCUT2D eigenvalue weighted by atomic mass is 32.2. The number of alkyl halides is 1. The molecule has 1 heterocycles. The Morgan fingerprint density at radius 1 is 1.27 bits per heavy atom. The van der Waals surface area contributed by atoms with E-state index in [0.717, 1.165) is 5.69 Å². The molecule has 0 saturated carbocycles. The van der Waals surface area contributed by atoms with Gasteiger partial charge in [-0.3, -0.25) is 4.39 Å². The first-order valence-corrected chi connectivity index (χ1v) is 13.2. The van der Waals surface area contributed by atoms with Crippen molar-refractivity contribution >= 4 is 38.9 Å². The predicted molar refractivity (Wildman–Crippen MR) is 124 cm³/mol. The van der Waals surface area contributed by atoms with Crippen molar-refractivity contribution in [1.29, 1.82) is 0 Å². The number of nitrogens with zero attached hydrogens (tertiary/aromatic N) is 1. The second-order valence-electron chi connectivity index (χ2n) is 7.64. The standard InChI is InChI=1S/C23H25F2NO5S2/c1-32-21-11-19-22(12-20(21)31-14-18(25)23(27)28)33(29,30)15-16(7-5-6-10-24)13-26(19)17-8-3-2-4-9-17/h2-4,8-9,11-12,14,16H,5-7,10,13,15H2,1H3,(H,27,28)/b18-14-. The van der Waals surface area contributed by atoms with E-state index in [1.165, 1.54) is 17.8 Å². The highest BCUT2D eigenvalue weighted by Gasteiger charge is 2.33. The zero-order chi connectivity index (χ0) is 24.0. The monoisotopic (exact) mass is 497 g/mol. The van der Waals surface area contributed by atoms with Crippen LogP contribution in [0.1, 0.15) is 19.3 Å². The zero-order valence-corrected chi connectivity index (χ0v) is 19.7. The van der Waals surface area contributed by atoms with Gasteiger partial charge in [0.1, 0.15) is 12.0 Å². The molecule has 178 valence electrons. The fourth-order valence-corrected chi connectivity index (χ4v) is 6.16. The molecule has 33 heavy (non-hydrogen) atoms. The average Bonchev–Trinajstić information content (AvgIpc) is 2.90. The number of carbonyl (C=O) groups is 1. The normalized spacial score (nSPS) is 17.8. The Labute approximate surface area is 196 Å². The molecular weight excluding hydrogens is 472 g/mol. The third-order valence-corrected chi connectivity index (χ3v) is 7.99. The fraction of sp³-hybridized carbons (Fsp3) is 0.348. The van der Waals surface area contributed by atoms with Gasteiger partial charge in [-0.2, -0.15) is 4.39 Å². The lowest BCUT2D eigenvalue weighted by atomic mass is 10.0. The second kappa shape index (κ2) is 11.0. The Bertz CT molecular complexity index is 1120. The Morgan fingerprint density at radius 2 is 2.00 bits per heavy atom. The number of carboxylic acids is 1. The number of halogens is 2. The van der Waals surface area contributed by atoms with Crippen LogP contribution in [0.25, 0.3) is 0 Å². The van der Waals surface area contributed by atoms with E-state index in [-0.39, 0.29) is 22.3 Å². The highest BCUT2D eigenvalue weighted by Crippen LogP contribution is 2.43. The number of hydrogen-bond acceptors (Lipinski definition) is 6. The summed E-state index contributed by atoms with van der Waals surface area (Å²) in [5.74, 6) is -3.58. The molecule has 1 aliphatic rings. The molecule has 6 nitrogen and oxygen atoms in total. The van der Waals surface area contributed by atoms with Crippen LogP contribution in [0, 0.1) is 5.92 Å². The van der Waals surface area contributed by atoms with Crippen LogP contribution in [-0.4, -0.2) is 44.7 Å². The lowest BCUT2D eigenvalue weighted by Crippen LogP contribution is -2.26. The van der Waals surface area contributed by atoms with Crippen LogP contribution in [0.3, 0.4) is 0 Å². The summed E-state index contributed by atoms with van der Waals surface area (Å²) in [6, 6.07) is 12.3. The van der Waals surface area contributed by atoms with E-state index in [0.29, 0.717) is 42.7 Å². The molecule has 0 saturated heterocycles. The minimum atomic E-state index is -3.76. The van der Waals surface area contributed by atoms with Gasteiger partial charge in [-0.05, 0) is 43.2 Å². The molecule has 10 heteroatoms. The Kier molecular flexibility index (Phi) is 8.36. The van der Waals surface area contributed by atoms with E-state index in [1.54, 1.807) is 12.3 Å². The molecule has 0 fully saturated rings. The number of ether oxygens (including phenoxy) is 1. The average molecular weight is 498 g/mol. The van der Waals surface area contributed by atoms with Crippen molar-refractivity contribution in [3.8, 4) is 5.75 Å². The first kappa shape index (κ1) is 25.0. The third kappa shape index (κ3) is 6.05. The van der Waals surface area contributed by atoms with Crippen molar-refractivity contribution < 1.29 is 31.8 Å². The number of aliphatic carboxylic acids is 1. The smallest absolute Gasteiger partial charge is 0.368 e. The van der Waals surface area contributed by atoms with Crippen LogP contribution in [0.2, 0.25) is 0 Å². The van der Waals surface area contributed by atoms with Gasteiger partial charge in [-0.1, -0.05) is 24.6 Å². The molecule has 2 aromatic carbocycles. The van der Waals surface area contributed by atoms with Gasteiger partial charge in [0.2, 0.25) is 5.83 Å². The molecule has 1 aliphatic heterocycles. The quantitative estimate of drug-likeness (QED) is 0.216. The van der Waals surface area contributed by atoms with E-state index >= 15 is 0 Å². The summed E-state index contributed by atoms with van der Waals surface area (Å²) in [5, 5.41) is 8.72. The van der Waals surface area contributed by atoms with E-state index < -0.39 is 28.3 Å². The van der Waals surface area contributed by atoms with Crippen molar-refractivity contribution in [2.24, 2.45) is 5.92 Å². The molecule has 1 N–H and O–H groups in total. The van der Waals surface area contributed by atoms with Crippen molar-refractivity contribution in [1.82, 2.24) is 0 Å². The van der Waals surface area contributed by atoms with E-state index in [1.807, 2.05) is 35.2 Å². The summed E-state index contributed by atoms with van der Waals surface area (Å²) in [7, 11) is -3.76. The van der Waals surface area contributed by atoms with Gasteiger partial charge in [0, 0.05) is 18.3 Å². The van der Waals surface area contributed by atoms with Crippen LogP contribution in [0.4, 0.5) is 20.2 Å². The van der Waals surface area contributed by atoms with E-state index in [4.69, 9.17) is 9.84 Å². The van der Waals surface area contributed by atoms with Crippen molar-refractivity contribution in [3.63, 3.8) is 0 Å². The molecule has 0 aliphatic carbocycles. The summed E-state index contributed by atoms with van der Waals surface area (Å²) in [5.41, 5.74) is 1.28. The van der Waals surface area contributed by atoms with E-state index in [9.17, 15) is 22.0 Å². The number of fused-ring (bicyclic) bond motifs is 1. The lowest BCUT2D eigenvalue weighted by Gasteiger charge is -2.28. The van der Waals surface area contributed by atoms with Gasteiger partial charge >= 0.3 is 5.97 Å². The second-order valence-corrected chi connectivity index (χ2v) is 10.5. The minimum absolute atomic E-state index is 0.0243. The van der Waals surface area contributed by atoms with Crippen LogP contribution >= 0.6 is 11.8 Å². The van der Waals surface area contributed by atoms with Crippen LogP contribution < -0.4 is 9.64 Å². The molecule has 1 unspecified atom stereocenters. The molecule has 0 spiro atoms. The molecule has 3 rings (SSSR count). The number of hydrogen-bond donors (Lipinski definition) is 1. The van der Waals surface area contributed by atoms with Crippen LogP contribution in [-0.2, 0) is 14.6 Å². The lowest BCUT2D eigenvalue weighted by molar-refractivity contribution is -0.134. The zero-order valence-electron chi connectivity index (χ0n) is 18.0. The number of benzene rings is 2. The summed E-state index contributed by atoms with van der Waals surface area (Å²) in [4.78, 5) is 13.2. The van der Waals surface area contributed by atoms with Gasteiger partial charge in [-0.25, -0.2) is 13.2 Å². The largest absolute Gasteiger partial charge is 0.476 e. The van der Waals surface area contributed by atoms with Crippen LogP contribution in [0.5, 0.6) is 5.75 Å². The first-order valence-electron chi connectivity index (χ1n) is 10.4. The number of anilines is 2. The highest BCUT2D eigenvalue weighted by molar-refractivity contribution is 7.98. The van der Waals surface area contributed by atoms with Gasteiger partial charge in [0.15, 0.2) is 9.84 Å². The summed E-state index contributed by atoms with van der Waals surface area (Å²) >= 11 is 1.26. The molecule has 1 atom stereocenters. The minimum Gasteiger partial charge on any atom is -0.476 e. The number of sulfone groups is 1. The maximum absolute atomic E-state index is 13.5. The Balaban J connectivity index is 2.12. The van der Waals surface area contributed by atoms with Crippen molar-refractivity contribution in [2.75, 3.05) is 30.1 Å². The van der Waals surface area contributed by atoms with Gasteiger partial charge in [0.25, 0.3) is 0 Å². The number of thioether (sulfide) groups is 1. The summed E-state index contributed by atoms with van der Waals surface area (Å²) in [6.45, 7) is -0.00953. The van der Waals surface area contributed by atoms with Crippen molar-refractivity contribution in [3.05, 3.63) is 54.6 Å². The van der Waals surface area contributed by atoms with Gasteiger partial charge in [0.05, 0.1) is 27.9 Å². The molecule has 0 amide bonds. The molecule has 0 radical (unpaired) electrons. The Morgan fingerprint density at radius 3 is 2.64 bits per heavy atom. The van der Waals surface area contributed by atoms with Crippen molar-refractivity contribution in [2.45, 2.75) is 29.1 Å². The predicted octanol–water partition coefficient (Wildman–Crippen LogP) is 5.36. The van der Waals surface area contributed by atoms with E-state index in [2.05, 4.69) is 0 Å². The molecule has 0 bridgehead atoms. The molecular formula is C23H25F2NO5S2. The molecule has 0 aromatic heterocycles. The number of para-hydroxylation sites is 1. The third-order valence-electron chi connectivity index (χ3n) is 5.32. The first-order chi connectivity index (χ1) is 15.8. The summed E-state index contributed by atoms with van der Waals surface area (Å²) < 4.78 is 58.1.